The largest absolute Gasteiger partial charge is 0.383 e. The molecule has 6 nitrogen and oxygen atoms in total. The number of aromatic nitrogens is 3. The molecule has 0 radical (unpaired) electrons. The molecule has 0 atom stereocenters. The van der Waals surface area contributed by atoms with E-state index in [1.165, 1.54) is 6.20 Å². The number of carbonyl (C=O) groups excluding carboxylic acids is 1. The normalized spacial score (nSPS) is 11.0. The van der Waals surface area contributed by atoms with Crippen LogP contribution >= 0.6 is 11.6 Å². The molecule has 3 rings (SSSR count). The second-order valence-electron chi connectivity index (χ2n) is 5.41. The molecule has 124 valence electrons. The maximum absolute atomic E-state index is 12.5. The maximum atomic E-state index is 12.5. The van der Waals surface area contributed by atoms with Gasteiger partial charge < -0.3 is 14.6 Å². The Kier molecular flexibility index (Phi) is 4.78. The second kappa shape index (κ2) is 6.98. The molecule has 2 heterocycles. The Labute approximate surface area is 144 Å². The molecule has 0 unspecified atom stereocenters. The topological polar surface area (TPSA) is 69.0 Å². The summed E-state index contributed by atoms with van der Waals surface area (Å²) in [7, 11) is 1.63. The van der Waals surface area contributed by atoms with Crippen molar-refractivity contribution in [3.05, 3.63) is 52.9 Å². The number of aryl methyl sites for hydroxylation is 1. The van der Waals surface area contributed by atoms with Crippen molar-refractivity contribution in [2.75, 3.05) is 19.0 Å². The van der Waals surface area contributed by atoms with Crippen LogP contribution in [-0.2, 0) is 11.3 Å². The fourth-order valence-corrected chi connectivity index (χ4v) is 2.59. The first-order chi connectivity index (χ1) is 11.6. The van der Waals surface area contributed by atoms with Gasteiger partial charge in [-0.1, -0.05) is 29.3 Å². The third-order valence-electron chi connectivity index (χ3n) is 3.66. The van der Waals surface area contributed by atoms with Crippen LogP contribution in [0, 0.1) is 6.92 Å². The van der Waals surface area contributed by atoms with Crippen molar-refractivity contribution in [3.8, 4) is 0 Å². The predicted molar refractivity (Wildman–Crippen MR) is 93.5 cm³/mol. The van der Waals surface area contributed by atoms with Crippen LogP contribution < -0.4 is 5.32 Å². The molecule has 0 aliphatic heterocycles. The van der Waals surface area contributed by atoms with Gasteiger partial charge in [0.05, 0.1) is 23.5 Å². The molecule has 0 spiro atoms. The summed E-state index contributed by atoms with van der Waals surface area (Å²) in [4.78, 5) is 21.0. The van der Waals surface area contributed by atoms with Crippen molar-refractivity contribution in [2.24, 2.45) is 0 Å². The number of pyridine rings is 1. The number of carbonyl (C=O) groups is 1. The monoisotopic (exact) mass is 344 g/mol. The van der Waals surface area contributed by atoms with E-state index >= 15 is 0 Å². The van der Waals surface area contributed by atoms with Crippen molar-refractivity contribution < 1.29 is 9.53 Å². The summed E-state index contributed by atoms with van der Waals surface area (Å²) in [5.74, 6) is -0.315. The quantitative estimate of drug-likeness (QED) is 0.771. The van der Waals surface area contributed by atoms with E-state index in [1.807, 2.05) is 35.8 Å². The molecular formula is C17H17ClN4O2. The van der Waals surface area contributed by atoms with Gasteiger partial charge in [-0.05, 0) is 19.1 Å². The van der Waals surface area contributed by atoms with Crippen molar-refractivity contribution in [1.82, 2.24) is 14.5 Å². The fourth-order valence-electron chi connectivity index (χ4n) is 2.32. The molecule has 1 aromatic carbocycles. The molecule has 0 fully saturated rings. The molecule has 1 amide bonds. The first kappa shape index (κ1) is 16.4. The van der Waals surface area contributed by atoms with Gasteiger partial charge in [-0.3, -0.25) is 4.79 Å². The molecule has 0 saturated heterocycles. The smallest absolute Gasteiger partial charge is 0.258 e. The van der Waals surface area contributed by atoms with Crippen LogP contribution in [0.15, 0.2) is 36.8 Å². The van der Waals surface area contributed by atoms with Gasteiger partial charge in [0.25, 0.3) is 5.91 Å². The average molecular weight is 345 g/mol. The number of anilines is 1. The third kappa shape index (κ3) is 3.25. The number of methoxy groups -OCH3 is 1. The molecule has 0 aliphatic carbocycles. The van der Waals surface area contributed by atoms with E-state index in [0.29, 0.717) is 40.6 Å². The Morgan fingerprint density at radius 2 is 2.04 bits per heavy atom. The lowest BCUT2D eigenvalue weighted by molar-refractivity contribution is 0.102. The van der Waals surface area contributed by atoms with Crippen molar-refractivity contribution in [3.63, 3.8) is 0 Å². The van der Waals surface area contributed by atoms with Crippen LogP contribution in [0.4, 0.5) is 5.69 Å². The molecule has 2 aromatic heterocycles. The minimum absolute atomic E-state index is 0.292. The highest BCUT2D eigenvalue weighted by Gasteiger charge is 2.17. The van der Waals surface area contributed by atoms with Gasteiger partial charge in [-0.2, -0.15) is 0 Å². The van der Waals surface area contributed by atoms with E-state index in [1.54, 1.807) is 13.4 Å². The minimum atomic E-state index is -0.315. The van der Waals surface area contributed by atoms with Crippen LogP contribution in [0.25, 0.3) is 11.2 Å². The number of hydrogen-bond donors (Lipinski definition) is 1. The van der Waals surface area contributed by atoms with E-state index in [9.17, 15) is 4.79 Å². The molecule has 0 saturated carbocycles. The zero-order valence-corrected chi connectivity index (χ0v) is 14.2. The Hall–Kier alpha value is -2.44. The first-order valence-electron chi connectivity index (χ1n) is 7.46. The SMILES string of the molecule is COCCn1cnc2c(Cl)c(C(=O)Nc3ccc(C)cc3)cnc21. The summed E-state index contributed by atoms with van der Waals surface area (Å²) in [6.45, 7) is 3.14. The van der Waals surface area contributed by atoms with Crippen molar-refractivity contribution >= 4 is 34.4 Å². The second-order valence-corrected chi connectivity index (χ2v) is 5.79. The highest BCUT2D eigenvalue weighted by Crippen LogP contribution is 2.25. The van der Waals surface area contributed by atoms with Gasteiger partial charge in [0.15, 0.2) is 5.65 Å². The van der Waals surface area contributed by atoms with Gasteiger partial charge in [0, 0.05) is 25.5 Å². The molecule has 0 bridgehead atoms. The van der Waals surface area contributed by atoms with Crippen molar-refractivity contribution in [1.29, 1.82) is 0 Å². The molecule has 7 heteroatoms. The number of rotatable bonds is 5. The summed E-state index contributed by atoms with van der Waals surface area (Å²) < 4.78 is 6.90. The van der Waals surface area contributed by atoms with Gasteiger partial charge in [-0.15, -0.1) is 0 Å². The van der Waals surface area contributed by atoms with E-state index in [2.05, 4.69) is 15.3 Å². The summed E-state index contributed by atoms with van der Waals surface area (Å²) >= 11 is 6.37. The summed E-state index contributed by atoms with van der Waals surface area (Å²) in [5, 5.41) is 3.11. The minimum Gasteiger partial charge on any atom is -0.383 e. The summed E-state index contributed by atoms with van der Waals surface area (Å²) in [6.07, 6.45) is 3.11. The van der Waals surface area contributed by atoms with Crippen LogP contribution in [-0.4, -0.2) is 34.2 Å². The fraction of sp³-hybridized carbons (Fsp3) is 0.235. The Bertz CT molecular complexity index is 874. The van der Waals surface area contributed by atoms with Gasteiger partial charge in [0.2, 0.25) is 0 Å². The van der Waals surface area contributed by atoms with Crippen LogP contribution in [0.5, 0.6) is 0 Å². The zero-order valence-electron chi connectivity index (χ0n) is 13.4. The van der Waals surface area contributed by atoms with Gasteiger partial charge >= 0.3 is 0 Å². The van der Waals surface area contributed by atoms with E-state index in [4.69, 9.17) is 16.3 Å². The molecule has 0 aliphatic rings. The lowest BCUT2D eigenvalue weighted by Gasteiger charge is -2.08. The summed E-state index contributed by atoms with van der Waals surface area (Å²) in [5.41, 5.74) is 3.25. The predicted octanol–water partition coefficient (Wildman–Crippen LogP) is 3.29. The highest BCUT2D eigenvalue weighted by molar-refractivity contribution is 6.38. The molecule has 3 aromatic rings. The maximum Gasteiger partial charge on any atom is 0.258 e. The van der Waals surface area contributed by atoms with Gasteiger partial charge in [-0.25, -0.2) is 9.97 Å². The Morgan fingerprint density at radius 3 is 2.75 bits per heavy atom. The van der Waals surface area contributed by atoms with Crippen LogP contribution in [0.2, 0.25) is 5.02 Å². The number of hydrogen-bond acceptors (Lipinski definition) is 4. The highest BCUT2D eigenvalue weighted by atomic mass is 35.5. The number of imidazole rings is 1. The van der Waals surface area contributed by atoms with Crippen LogP contribution in [0.1, 0.15) is 15.9 Å². The molecular weight excluding hydrogens is 328 g/mol. The Morgan fingerprint density at radius 1 is 1.29 bits per heavy atom. The molecule has 24 heavy (non-hydrogen) atoms. The average Bonchev–Trinajstić information content (AvgIpc) is 2.99. The third-order valence-corrected chi connectivity index (χ3v) is 4.04. The number of ether oxygens (including phenoxy) is 1. The Balaban J connectivity index is 1.88. The number of fused-ring (bicyclic) bond motifs is 1. The van der Waals surface area contributed by atoms with E-state index in [-0.39, 0.29) is 5.91 Å². The molecule has 1 N–H and O–H groups in total. The number of amides is 1. The van der Waals surface area contributed by atoms with Crippen molar-refractivity contribution in [2.45, 2.75) is 13.5 Å². The van der Waals surface area contributed by atoms with E-state index in [0.717, 1.165) is 5.56 Å². The number of nitrogens with one attached hydrogen (secondary N) is 1. The number of benzene rings is 1. The van der Waals surface area contributed by atoms with E-state index < -0.39 is 0 Å². The number of halogens is 1. The summed E-state index contributed by atoms with van der Waals surface area (Å²) in [6, 6.07) is 7.53. The lowest BCUT2D eigenvalue weighted by atomic mass is 10.2. The van der Waals surface area contributed by atoms with Crippen LogP contribution in [0.3, 0.4) is 0 Å². The van der Waals surface area contributed by atoms with Gasteiger partial charge in [0.1, 0.15) is 5.52 Å². The lowest BCUT2D eigenvalue weighted by Crippen LogP contribution is -2.13. The zero-order chi connectivity index (χ0) is 17.1. The number of nitrogens with zero attached hydrogens (tertiary/aromatic N) is 3. The standard InChI is InChI=1S/C17H17ClN4O2/c1-11-3-5-12(6-4-11)21-17(23)13-9-19-16-15(14(13)18)20-10-22(16)7-8-24-2/h3-6,9-10H,7-8H2,1-2H3,(H,21,23). The first-order valence-corrected chi connectivity index (χ1v) is 7.84.